The van der Waals surface area contributed by atoms with Crippen LogP contribution in [0.5, 0.6) is 0 Å². The molecule has 0 aromatic heterocycles. The van der Waals surface area contributed by atoms with Gasteiger partial charge in [-0.15, -0.1) is 0 Å². The van der Waals surface area contributed by atoms with Gasteiger partial charge in [0, 0.05) is 13.5 Å². The average Bonchev–Trinajstić information content (AvgIpc) is 3.29. The number of unbranched alkanes of at least 4 members (excludes halogenated alkanes) is 1. The van der Waals surface area contributed by atoms with Crippen molar-refractivity contribution in [2.45, 2.75) is 123 Å². The number of likely N-dealkylation sites (N-methyl/N-ethyl adjacent to an activating group) is 1. The molecule has 7 heteroatoms. The van der Waals surface area contributed by atoms with Gasteiger partial charge in [0.2, 0.25) is 0 Å². The summed E-state index contributed by atoms with van der Waals surface area (Å²) in [7, 11) is 1.73. The summed E-state index contributed by atoms with van der Waals surface area (Å²) >= 11 is 0. The fourth-order valence-electron chi connectivity index (χ4n) is 5.29. The molecule has 7 nitrogen and oxygen atoms in total. The summed E-state index contributed by atoms with van der Waals surface area (Å²) in [5, 5.41) is 11.6. The van der Waals surface area contributed by atoms with Crippen LogP contribution in [0.15, 0.2) is 60.7 Å². The summed E-state index contributed by atoms with van der Waals surface area (Å²) in [6, 6.07) is 19.5. The van der Waals surface area contributed by atoms with Crippen LogP contribution >= 0.6 is 0 Å². The second-order valence-corrected chi connectivity index (χ2v) is 13.5. The van der Waals surface area contributed by atoms with Gasteiger partial charge < -0.3 is 29.0 Å². The third kappa shape index (κ3) is 9.53. The van der Waals surface area contributed by atoms with E-state index >= 15 is 0 Å². The molecule has 1 saturated carbocycles. The highest BCUT2D eigenvalue weighted by Gasteiger charge is 2.51. The summed E-state index contributed by atoms with van der Waals surface area (Å²) < 4.78 is 25.4. The number of benzene rings is 2. The van der Waals surface area contributed by atoms with Gasteiger partial charge in [0.15, 0.2) is 0 Å². The second kappa shape index (κ2) is 14.8. The van der Waals surface area contributed by atoms with E-state index in [9.17, 15) is 9.90 Å². The Kier molecular flexibility index (Phi) is 12.0. The first-order valence-corrected chi connectivity index (χ1v) is 15.3. The SMILES string of the molecule is CCCCC(C)(C)C(C)(O)CO[C@H]1[C@H](N(C)C(=O)OC(C)(C)C)[C@@H](OCc2ccccc2)C[C@H]1OCc1ccccc1. The number of amides is 1. The van der Waals surface area contributed by atoms with Crippen LogP contribution < -0.4 is 0 Å². The molecule has 234 valence electrons. The average molecular weight is 584 g/mol. The number of nitrogens with zero attached hydrogens (tertiary/aromatic N) is 1. The predicted octanol–water partition coefficient (Wildman–Crippen LogP) is 7.15. The molecule has 1 N–H and O–H groups in total. The van der Waals surface area contributed by atoms with Gasteiger partial charge in [-0.3, -0.25) is 0 Å². The van der Waals surface area contributed by atoms with Crippen molar-refractivity contribution in [3.8, 4) is 0 Å². The van der Waals surface area contributed by atoms with Crippen molar-refractivity contribution < 1.29 is 28.8 Å². The van der Waals surface area contributed by atoms with Crippen LogP contribution in [0, 0.1) is 5.41 Å². The van der Waals surface area contributed by atoms with E-state index in [1.54, 1.807) is 11.9 Å². The molecule has 2 aromatic rings. The Balaban J connectivity index is 1.90. The van der Waals surface area contributed by atoms with Gasteiger partial charge in [0.05, 0.1) is 43.7 Å². The lowest BCUT2D eigenvalue weighted by molar-refractivity contribution is -0.157. The Bertz CT molecular complexity index is 1080. The molecule has 5 atom stereocenters. The van der Waals surface area contributed by atoms with Gasteiger partial charge >= 0.3 is 6.09 Å². The van der Waals surface area contributed by atoms with Crippen LogP contribution in [-0.2, 0) is 32.2 Å². The number of rotatable bonds is 14. The van der Waals surface area contributed by atoms with Crippen molar-refractivity contribution in [2.24, 2.45) is 5.41 Å². The van der Waals surface area contributed by atoms with Gasteiger partial charge in [-0.2, -0.15) is 0 Å². The molecular weight excluding hydrogens is 530 g/mol. The lowest BCUT2D eigenvalue weighted by Crippen LogP contribution is -2.54. The highest BCUT2D eigenvalue weighted by atomic mass is 16.6. The maximum absolute atomic E-state index is 13.4. The first kappa shape index (κ1) is 34.0. The highest BCUT2D eigenvalue weighted by molar-refractivity contribution is 5.68. The van der Waals surface area contributed by atoms with E-state index in [1.807, 2.05) is 88.4 Å². The van der Waals surface area contributed by atoms with Gasteiger partial charge in [0.1, 0.15) is 11.7 Å². The van der Waals surface area contributed by atoms with Crippen LogP contribution in [0.1, 0.15) is 85.3 Å². The van der Waals surface area contributed by atoms with Crippen LogP contribution in [0.4, 0.5) is 4.79 Å². The lowest BCUT2D eigenvalue weighted by Gasteiger charge is -2.42. The molecule has 1 aliphatic rings. The third-order valence-electron chi connectivity index (χ3n) is 8.46. The van der Waals surface area contributed by atoms with Gasteiger partial charge in [0.25, 0.3) is 0 Å². The maximum Gasteiger partial charge on any atom is 0.410 e. The number of ether oxygens (including phenoxy) is 4. The molecule has 0 heterocycles. The number of hydrogen-bond donors (Lipinski definition) is 1. The molecule has 0 aliphatic heterocycles. The molecule has 1 fully saturated rings. The van der Waals surface area contributed by atoms with Crippen LogP contribution in [0.3, 0.4) is 0 Å². The fraction of sp³-hybridized carbons (Fsp3) is 0.629. The van der Waals surface area contributed by atoms with E-state index in [0.29, 0.717) is 19.6 Å². The lowest BCUT2D eigenvalue weighted by atomic mass is 9.73. The topological polar surface area (TPSA) is 77.5 Å². The van der Waals surface area contributed by atoms with Crippen molar-refractivity contribution >= 4 is 6.09 Å². The normalized spacial score (nSPS) is 22.5. The minimum atomic E-state index is -1.09. The standard InChI is InChI=1S/C35H53NO6/c1-9-10-21-34(5,6)35(7,38)25-41-31-29(40-24-27-19-15-12-16-20-27)22-28(39-23-26-17-13-11-14-18-26)30(31)36(8)32(37)42-33(2,3)4/h11-20,28-31,38H,9-10,21-25H2,1-8H3/t28-,29+,30+,31+,35?/m0/s1. The highest BCUT2D eigenvalue weighted by Crippen LogP contribution is 2.39. The Hall–Kier alpha value is -2.45. The Morgan fingerprint density at radius 3 is 1.88 bits per heavy atom. The molecule has 0 radical (unpaired) electrons. The quantitative estimate of drug-likeness (QED) is 0.255. The smallest absolute Gasteiger partial charge is 0.410 e. The predicted molar refractivity (Wildman–Crippen MR) is 166 cm³/mol. The molecule has 1 unspecified atom stereocenters. The minimum Gasteiger partial charge on any atom is -0.444 e. The molecule has 2 aromatic carbocycles. The molecule has 3 rings (SSSR count). The zero-order valence-corrected chi connectivity index (χ0v) is 27.0. The Labute approximate surface area is 253 Å². The van der Waals surface area contributed by atoms with Crippen molar-refractivity contribution in [2.75, 3.05) is 13.7 Å². The number of carbonyl (C=O) groups excluding carboxylic acids is 1. The fourth-order valence-corrected chi connectivity index (χ4v) is 5.29. The summed E-state index contributed by atoms with van der Waals surface area (Å²) in [5.74, 6) is 0. The largest absolute Gasteiger partial charge is 0.444 e. The van der Waals surface area contributed by atoms with Crippen molar-refractivity contribution in [1.82, 2.24) is 4.90 Å². The first-order chi connectivity index (χ1) is 19.7. The number of carbonyl (C=O) groups is 1. The van der Waals surface area contributed by atoms with E-state index < -0.39 is 29.4 Å². The van der Waals surface area contributed by atoms with Crippen molar-refractivity contribution in [3.05, 3.63) is 71.8 Å². The van der Waals surface area contributed by atoms with E-state index in [4.69, 9.17) is 18.9 Å². The Morgan fingerprint density at radius 2 is 1.38 bits per heavy atom. The van der Waals surface area contributed by atoms with E-state index in [1.165, 1.54) is 0 Å². The maximum atomic E-state index is 13.4. The van der Waals surface area contributed by atoms with Crippen LogP contribution in [0.25, 0.3) is 0 Å². The van der Waals surface area contributed by atoms with Gasteiger partial charge in [-0.1, -0.05) is 94.3 Å². The molecule has 42 heavy (non-hydrogen) atoms. The van der Waals surface area contributed by atoms with E-state index in [0.717, 1.165) is 30.4 Å². The first-order valence-electron chi connectivity index (χ1n) is 15.3. The summed E-state index contributed by atoms with van der Waals surface area (Å²) in [6.07, 6.45) is 1.76. The molecule has 0 spiro atoms. The molecular formula is C35H53NO6. The Morgan fingerprint density at radius 1 is 0.857 bits per heavy atom. The molecule has 0 saturated heterocycles. The third-order valence-corrected chi connectivity index (χ3v) is 8.46. The van der Waals surface area contributed by atoms with E-state index in [2.05, 4.69) is 20.8 Å². The summed E-state index contributed by atoms with van der Waals surface area (Å²) in [5.41, 5.74) is -0.0173. The number of aliphatic hydroxyl groups is 1. The summed E-state index contributed by atoms with van der Waals surface area (Å²) in [4.78, 5) is 15.0. The molecule has 1 amide bonds. The molecule has 1 aliphatic carbocycles. The van der Waals surface area contributed by atoms with Gasteiger partial charge in [-0.05, 0) is 50.7 Å². The van der Waals surface area contributed by atoms with E-state index in [-0.39, 0.29) is 24.2 Å². The zero-order chi connectivity index (χ0) is 31.0. The minimum absolute atomic E-state index is 0.101. The van der Waals surface area contributed by atoms with Crippen LogP contribution in [-0.4, -0.2) is 65.3 Å². The van der Waals surface area contributed by atoms with Crippen molar-refractivity contribution in [3.63, 3.8) is 0 Å². The number of hydrogen-bond acceptors (Lipinski definition) is 6. The zero-order valence-electron chi connectivity index (χ0n) is 27.0. The summed E-state index contributed by atoms with van der Waals surface area (Å²) in [6.45, 7) is 14.6. The molecule has 0 bridgehead atoms. The van der Waals surface area contributed by atoms with Gasteiger partial charge in [-0.25, -0.2) is 4.79 Å². The van der Waals surface area contributed by atoms with Crippen molar-refractivity contribution in [1.29, 1.82) is 0 Å². The second-order valence-electron chi connectivity index (χ2n) is 13.5. The van der Waals surface area contributed by atoms with Crippen LogP contribution in [0.2, 0.25) is 0 Å². The monoisotopic (exact) mass is 583 g/mol.